The van der Waals surface area contributed by atoms with E-state index in [4.69, 9.17) is 0 Å². The van der Waals surface area contributed by atoms with E-state index in [1.807, 2.05) is 12.1 Å². The van der Waals surface area contributed by atoms with Crippen LogP contribution in [-0.2, 0) is 19.1 Å². The third-order valence-electron chi connectivity index (χ3n) is 3.62. The maximum Gasteiger partial charge on any atom is 0.366 e. The van der Waals surface area contributed by atoms with Crippen molar-refractivity contribution in [1.29, 1.82) is 0 Å². The molecular weight excluding hydrogens is 291 g/mol. The normalized spacial score (nSPS) is 16.7. The maximum atomic E-state index is 13.3. The minimum atomic E-state index is -1.76. The number of carbonyl (C=O) groups excluding carboxylic acids is 3. The van der Waals surface area contributed by atoms with E-state index >= 15 is 0 Å². The number of benzene rings is 1. The number of hydrogen-bond donors (Lipinski definition) is 0. The highest BCUT2D eigenvalue weighted by molar-refractivity contribution is 6.12. The zero-order chi connectivity index (χ0) is 15.9. The fourth-order valence-corrected chi connectivity index (χ4v) is 2.63. The molecule has 3 rings (SSSR count). The molecule has 0 bridgehead atoms. The number of hydrogen-bond acceptors (Lipinski definition) is 4. The molecule has 0 radical (unpaired) electrons. The van der Waals surface area contributed by atoms with Crippen molar-refractivity contribution in [2.24, 2.45) is 0 Å². The van der Waals surface area contributed by atoms with Gasteiger partial charge in [-0.3, -0.25) is 4.79 Å². The fourth-order valence-electron chi connectivity index (χ4n) is 2.63. The number of nitrogens with zero attached hydrogens (tertiary/aromatic N) is 2. The summed E-state index contributed by atoms with van der Waals surface area (Å²) in [6.45, 7) is -0.382. The van der Waals surface area contributed by atoms with E-state index in [9.17, 15) is 18.8 Å². The molecular formula is C15H12FN2O4+. The molecule has 1 aromatic carbocycles. The number of carbonyl (C=O) groups is 3. The largest absolute Gasteiger partial charge is 0.466 e. The van der Waals surface area contributed by atoms with Crippen molar-refractivity contribution in [2.45, 2.75) is 6.04 Å². The van der Waals surface area contributed by atoms with E-state index < -0.39 is 24.0 Å². The van der Waals surface area contributed by atoms with Gasteiger partial charge in [0.15, 0.2) is 6.54 Å². The van der Waals surface area contributed by atoms with Crippen LogP contribution in [0.15, 0.2) is 36.5 Å². The zero-order valence-corrected chi connectivity index (χ0v) is 11.7. The summed E-state index contributed by atoms with van der Waals surface area (Å²) in [4.78, 5) is 36.2. The predicted molar refractivity (Wildman–Crippen MR) is 73.7 cm³/mol. The molecule has 6 nitrogen and oxygen atoms in total. The van der Waals surface area contributed by atoms with Crippen molar-refractivity contribution in [3.05, 3.63) is 36.5 Å². The zero-order valence-electron chi connectivity index (χ0n) is 11.7. The number of esters is 1. The lowest BCUT2D eigenvalue weighted by Gasteiger charge is -2.08. The molecule has 2 aromatic rings. The predicted octanol–water partition coefficient (Wildman–Crippen LogP) is 0.684. The first-order valence-corrected chi connectivity index (χ1v) is 6.55. The lowest BCUT2D eigenvalue weighted by molar-refractivity contribution is -0.676. The van der Waals surface area contributed by atoms with Crippen LogP contribution in [-0.4, -0.2) is 31.6 Å². The molecule has 1 aliphatic rings. The number of anilines is 1. The van der Waals surface area contributed by atoms with Gasteiger partial charge in [-0.15, -0.1) is 0 Å². The van der Waals surface area contributed by atoms with Gasteiger partial charge in [0.25, 0.3) is 11.9 Å². The first-order chi connectivity index (χ1) is 10.5. The molecule has 0 fully saturated rings. The van der Waals surface area contributed by atoms with Crippen molar-refractivity contribution in [3.8, 4) is 0 Å². The Labute approximate surface area is 124 Å². The molecule has 1 aromatic heterocycles. The fraction of sp³-hybridized carbons (Fsp3) is 0.200. The number of ether oxygens (including phenoxy) is 1. The first-order valence-electron chi connectivity index (χ1n) is 6.55. The maximum absolute atomic E-state index is 13.3. The van der Waals surface area contributed by atoms with Gasteiger partial charge in [-0.05, 0) is 17.5 Å². The Morgan fingerprint density at radius 2 is 2.05 bits per heavy atom. The first kappa shape index (κ1) is 14.1. The molecule has 1 unspecified atom stereocenters. The standard InChI is InChI=1S/C15H12FN2O4/c1-22-11(19)8-18-14-10-5-3-2-4-9(10)6-7-17(14)12(13(16)20)15(18)21/h2-7,12H,8H2,1H3/q+1. The van der Waals surface area contributed by atoms with E-state index in [0.717, 1.165) is 10.3 Å². The molecule has 0 saturated carbocycles. The monoisotopic (exact) mass is 303 g/mol. The van der Waals surface area contributed by atoms with E-state index in [1.165, 1.54) is 17.9 Å². The van der Waals surface area contributed by atoms with E-state index in [2.05, 4.69) is 4.74 Å². The van der Waals surface area contributed by atoms with Gasteiger partial charge < -0.3 is 4.74 Å². The van der Waals surface area contributed by atoms with Gasteiger partial charge in [-0.25, -0.2) is 14.2 Å². The summed E-state index contributed by atoms with van der Waals surface area (Å²) in [5.41, 5.74) is 0. The second-order valence-electron chi connectivity index (χ2n) is 4.84. The average molecular weight is 303 g/mol. The van der Waals surface area contributed by atoms with Crippen molar-refractivity contribution in [3.63, 3.8) is 0 Å². The Morgan fingerprint density at radius 1 is 1.32 bits per heavy atom. The molecule has 112 valence electrons. The van der Waals surface area contributed by atoms with Crippen LogP contribution in [0.25, 0.3) is 10.8 Å². The van der Waals surface area contributed by atoms with E-state index in [0.29, 0.717) is 11.2 Å². The third kappa shape index (κ3) is 2.02. The van der Waals surface area contributed by atoms with Gasteiger partial charge in [-0.1, -0.05) is 18.2 Å². The lowest BCUT2D eigenvalue weighted by atomic mass is 10.1. The lowest BCUT2D eigenvalue weighted by Crippen LogP contribution is -2.42. The smallest absolute Gasteiger partial charge is 0.366 e. The second-order valence-corrected chi connectivity index (χ2v) is 4.84. The number of methoxy groups -OCH3 is 1. The molecule has 22 heavy (non-hydrogen) atoms. The van der Waals surface area contributed by atoms with Crippen molar-refractivity contribution < 1.29 is 28.1 Å². The number of amides is 1. The van der Waals surface area contributed by atoms with Crippen LogP contribution in [0.5, 0.6) is 0 Å². The van der Waals surface area contributed by atoms with Crippen molar-refractivity contribution in [2.75, 3.05) is 18.6 Å². The number of pyridine rings is 1. The van der Waals surface area contributed by atoms with E-state index in [-0.39, 0.29) is 6.54 Å². The highest BCUT2D eigenvalue weighted by atomic mass is 19.1. The van der Waals surface area contributed by atoms with Crippen molar-refractivity contribution >= 4 is 34.5 Å². The van der Waals surface area contributed by atoms with Gasteiger partial charge >= 0.3 is 17.9 Å². The van der Waals surface area contributed by atoms with Gasteiger partial charge in [-0.2, -0.15) is 9.29 Å². The van der Waals surface area contributed by atoms with Crippen LogP contribution in [0, 0.1) is 0 Å². The molecule has 0 spiro atoms. The van der Waals surface area contributed by atoms with Crippen LogP contribution < -0.4 is 9.47 Å². The molecule has 1 amide bonds. The second kappa shape index (κ2) is 5.18. The summed E-state index contributed by atoms with van der Waals surface area (Å²) in [6.07, 6.45) is 1.47. The Balaban J connectivity index is 2.23. The van der Waals surface area contributed by atoms with Crippen LogP contribution in [0.1, 0.15) is 6.04 Å². The Kier molecular flexibility index (Phi) is 3.32. The minimum absolute atomic E-state index is 0.310. The summed E-state index contributed by atoms with van der Waals surface area (Å²) in [5, 5.41) is 1.45. The number of rotatable bonds is 3. The molecule has 7 heteroatoms. The van der Waals surface area contributed by atoms with Gasteiger partial charge in [0.1, 0.15) is 0 Å². The summed E-state index contributed by atoms with van der Waals surface area (Å²) >= 11 is 0. The van der Waals surface area contributed by atoms with Crippen LogP contribution in [0.2, 0.25) is 0 Å². The quantitative estimate of drug-likeness (QED) is 0.362. The molecule has 1 aliphatic heterocycles. The highest BCUT2D eigenvalue weighted by Crippen LogP contribution is 2.30. The third-order valence-corrected chi connectivity index (χ3v) is 3.62. The summed E-state index contributed by atoms with van der Waals surface area (Å²) in [6, 6.07) is 5.46. The Morgan fingerprint density at radius 3 is 2.73 bits per heavy atom. The van der Waals surface area contributed by atoms with Crippen LogP contribution >= 0.6 is 0 Å². The molecule has 0 saturated heterocycles. The molecule has 0 N–H and O–H groups in total. The van der Waals surface area contributed by atoms with Crippen LogP contribution in [0.3, 0.4) is 0 Å². The molecule has 1 atom stereocenters. The van der Waals surface area contributed by atoms with Crippen molar-refractivity contribution in [1.82, 2.24) is 0 Å². The summed E-state index contributed by atoms with van der Waals surface area (Å²) in [7, 11) is 1.19. The number of halogens is 1. The molecule has 2 heterocycles. The summed E-state index contributed by atoms with van der Waals surface area (Å²) < 4.78 is 19.1. The van der Waals surface area contributed by atoms with Crippen LogP contribution in [0.4, 0.5) is 10.2 Å². The number of aromatic nitrogens is 1. The SMILES string of the molecule is COC(=O)CN1C(=O)C(C(=O)F)[n+]2ccc3ccccc3c21. The average Bonchev–Trinajstić information content (AvgIpc) is 2.79. The number of fused-ring (bicyclic) bond motifs is 3. The highest BCUT2D eigenvalue weighted by Gasteiger charge is 2.52. The topological polar surface area (TPSA) is 67.6 Å². The van der Waals surface area contributed by atoms with Gasteiger partial charge in [0.05, 0.1) is 18.7 Å². The van der Waals surface area contributed by atoms with Gasteiger partial charge in [0, 0.05) is 0 Å². The Bertz CT molecular complexity index is 805. The van der Waals surface area contributed by atoms with Gasteiger partial charge in [0.2, 0.25) is 0 Å². The molecule has 0 aliphatic carbocycles. The minimum Gasteiger partial charge on any atom is -0.466 e. The van der Waals surface area contributed by atoms with E-state index in [1.54, 1.807) is 18.2 Å². The Hall–Kier alpha value is -2.83. The summed E-state index contributed by atoms with van der Waals surface area (Å²) in [5.74, 6) is -1.13.